The van der Waals surface area contributed by atoms with Crippen molar-refractivity contribution in [1.82, 2.24) is 9.80 Å². The summed E-state index contributed by atoms with van der Waals surface area (Å²) in [6.45, 7) is 12.8. The van der Waals surface area contributed by atoms with Crippen LogP contribution in [0, 0.1) is 52.3 Å². The zero-order valence-electron chi connectivity index (χ0n) is 22.4. The van der Waals surface area contributed by atoms with Crippen molar-refractivity contribution in [2.24, 2.45) is 52.3 Å². The molecule has 5 unspecified atom stereocenters. The number of β-lactam (4-membered cyclic amide) rings is 1. The summed E-state index contributed by atoms with van der Waals surface area (Å²) in [5.74, 6) is 4.53. The molecule has 1 amide bonds. The number of hydrogen-bond acceptors (Lipinski definition) is 3. The van der Waals surface area contributed by atoms with Crippen molar-refractivity contribution in [2.45, 2.75) is 104 Å². The number of rotatable bonds is 4. The molecule has 11 atom stereocenters. The van der Waals surface area contributed by atoms with Gasteiger partial charge in [-0.25, -0.2) is 0 Å². The van der Waals surface area contributed by atoms with E-state index in [9.17, 15) is 9.90 Å². The van der Waals surface area contributed by atoms with E-state index in [1.54, 1.807) is 0 Å². The van der Waals surface area contributed by atoms with Gasteiger partial charge in [0.15, 0.2) is 0 Å². The second-order valence-electron chi connectivity index (χ2n) is 13.9. The zero-order valence-corrected chi connectivity index (χ0v) is 22.4. The Balaban J connectivity index is 1.32. The predicted octanol–water partition coefficient (Wildman–Crippen LogP) is 5.05. The van der Waals surface area contributed by atoms with Crippen molar-refractivity contribution in [2.75, 3.05) is 20.6 Å². The fraction of sp³-hybridized carbons (Fsp3) is 0.966. The third kappa shape index (κ3) is 3.39. The molecule has 4 heteroatoms. The maximum Gasteiger partial charge on any atom is 0.228 e. The van der Waals surface area contributed by atoms with Crippen LogP contribution < -0.4 is 0 Å². The molecule has 4 aliphatic carbocycles. The minimum absolute atomic E-state index is 0.0628. The first-order chi connectivity index (χ1) is 15.5. The van der Waals surface area contributed by atoms with Crippen molar-refractivity contribution in [1.29, 1.82) is 0 Å². The Morgan fingerprint density at radius 1 is 0.909 bits per heavy atom. The molecule has 0 aromatic carbocycles. The summed E-state index contributed by atoms with van der Waals surface area (Å²) < 4.78 is 0. The number of hydrogen-bond donors (Lipinski definition) is 1. The van der Waals surface area contributed by atoms with E-state index in [0.29, 0.717) is 29.2 Å². The van der Waals surface area contributed by atoms with E-state index in [1.807, 2.05) is 4.90 Å². The summed E-state index contributed by atoms with van der Waals surface area (Å²) in [5, 5.41) is 11.6. The SMILES string of the molecule is CC(C)[C@@H]1CN([C@H]2CC[C@]3(C)C4CC[C@@]5(C)C(CCC5[C@H](C)N(C)C)C4CCC3[C@H]2O)C1=O. The summed E-state index contributed by atoms with van der Waals surface area (Å²) >= 11 is 0. The first kappa shape index (κ1) is 24.1. The van der Waals surface area contributed by atoms with E-state index in [0.717, 1.165) is 43.1 Å². The number of carbonyl (C=O) groups is 1. The molecular weight excluding hydrogens is 408 g/mol. The van der Waals surface area contributed by atoms with Gasteiger partial charge in [0, 0.05) is 12.6 Å². The number of amides is 1. The monoisotopic (exact) mass is 458 g/mol. The van der Waals surface area contributed by atoms with Crippen LogP contribution in [-0.2, 0) is 4.79 Å². The Kier molecular flexibility index (Phi) is 6.00. The van der Waals surface area contributed by atoms with Gasteiger partial charge in [-0.15, -0.1) is 0 Å². The minimum atomic E-state index is -0.333. The fourth-order valence-corrected chi connectivity index (χ4v) is 10.1. The maximum absolute atomic E-state index is 12.8. The smallest absolute Gasteiger partial charge is 0.228 e. The van der Waals surface area contributed by atoms with Gasteiger partial charge in [0.2, 0.25) is 5.91 Å². The van der Waals surface area contributed by atoms with E-state index in [4.69, 9.17) is 0 Å². The number of aliphatic hydroxyl groups excluding tert-OH is 1. The molecule has 4 saturated carbocycles. The Morgan fingerprint density at radius 3 is 2.18 bits per heavy atom. The predicted molar refractivity (Wildman–Crippen MR) is 134 cm³/mol. The molecule has 33 heavy (non-hydrogen) atoms. The van der Waals surface area contributed by atoms with Crippen LogP contribution in [0.15, 0.2) is 0 Å². The highest BCUT2D eigenvalue weighted by Gasteiger charge is 2.63. The highest BCUT2D eigenvalue weighted by Crippen LogP contribution is 2.68. The van der Waals surface area contributed by atoms with E-state index < -0.39 is 0 Å². The van der Waals surface area contributed by atoms with Crippen molar-refractivity contribution in [3.05, 3.63) is 0 Å². The normalized spacial score (nSPS) is 50.6. The lowest BCUT2D eigenvalue weighted by molar-refractivity contribution is -0.185. The summed E-state index contributed by atoms with van der Waals surface area (Å²) in [4.78, 5) is 17.3. The van der Waals surface area contributed by atoms with Gasteiger partial charge in [-0.1, -0.05) is 27.7 Å². The summed E-state index contributed by atoms with van der Waals surface area (Å²) in [6, 6.07) is 0.720. The van der Waals surface area contributed by atoms with Gasteiger partial charge in [-0.3, -0.25) is 4.79 Å². The van der Waals surface area contributed by atoms with Crippen molar-refractivity contribution < 1.29 is 9.90 Å². The molecular formula is C29H50N2O2. The zero-order chi connectivity index (χ0) is 23.9. The number of carbonyl (C=O) groups excluding carboxylic acids is 1. The first-order valence-corrected chi connectivity index (χ1v) is 14.2. The Hall–Kier alpha value is -0.610. The number of aliphatic hydroxyl groups is 1. The van der Waals surface area contributed by atoms with Gasteiger partial charge in [-0.05, 0) is 119 Å². The van der Waals surface area contributed by atoms with Crippen molar-refractivity contribution >= 4 is 5.91 Å². The molecule has 0 spiro atoms. The topological polar surface area (TPSA) is 43.8 Å². The number of likely N-dealkylation sites (tertiary alicyclic amines) is 1. The lowest BCUT2D eigenvalue weighted by atomic mass is 9.44. The lowest BCUT2D eigenvalue weighted by Crippen LogP contribution is -2.66. The second-order valence-corrected chi connectivity index (χ2v) is 13.9. The van der Waals surface area contributed by atoms with E-state index in [1.165, 1.54) is 38.5 Å². The van der Waals surface area contributed by atoms with Crippen LogP contribution in [0.1, 0.15) is 86.0 Å². The molecule has 0 aromatic rings. The van der Waals surface area contributed by atoms with Crippen LogP contribution in [0.2, 0.25) is 0 Å². The molecule has 5 aliphatic rings. The highest BCUT2D eigenvalue weighted by atomic mass is 16.3. The molecule has 188 valence electrons. The molecule has 5 rings (SSSR count). The van der Waals surface area contributed by atoms with Gasteiger partial charge in [0.25, 0.3) is 0 Å². The maximum atomic E-state index is 12.8. The van der Waals surface area contributed by atoms with Crippen LogP contribution in [0.25, 0.3) is 0 Å². The van der Waals surface area contributed by atoms with Gasteiger partial charge in [0.05, 0.1) is 18.1 Å². The minimum Gasteiger partial charge on any atom is -0.391 e. The molecule has 0 aromatic heterocycles. The summed E-state index contributed by atoms with van der Waals surface area (Å²) in [5.41, 5.74) is 0.733. The Morgan fingerprint density at radius 2 is 1.55 bits per heavy atom. The molecule has 1 aliphatic heterocycles. The van der Waals surface area contributed by atoms with Crippen LogP contribution in [0.4, 0.5) is 0 Å². The van der Waals surface area contributed by atoms with Gasteiger partial charge < -0.3 is 14.9 Å². The average molecular weight is 459 g/mol. The standard InChI is InChI=1S/C29H50N2O2/c1-17(2)20-16-31(27(20)33)25-13-15-29(5)23-12-14-28(4)21(18(3)30(6)7)10-11-22(28)19(23)8-9-24(29)26(25)32/h17-26,32H,8-16H2,1-7H3/t18-,19?,20-,21?,22?,23?,24?,25-,26+,28+,29+/m0/s1. The fourth-order valence-electron chi connectivity index (χ4n) is 10.1. The van der Waals surface area contributed by atoms with Crippen LogP contribution >= 0.6 is 0 Å². The first-order valence-electron chi connectivity index (χ1n) is 14.2. The van der Waals surface area contributed by atoms with Crippen LogP contribution in [0.5, 0.6) is 0 Å². The van der Waals surface area contributed by atoms with Gasteiger partial charge in [0.1, 0.15) is 0 Å². The molecule has 1 heterocycles. The van der Waals surface area contributed by atoms with Crippen LogP contribution in [0.3, 0.4) is 0 Å². The largest absolute Gasteiger partial charge is 0.391 e. The molecule has 1 N–H and O–H groups in total. The Labute approximate surface area is 202 Å². The van der Waals surface area contributed by atoms with E-state index in [-0.39, 0.29) is 23.5 Å². The van der Waals surface area contributed by atoms with Gasteiger partial charge in [-0.2, -0.15) is 0 Å². The quantitative estimate of drug-likeness (QED) is 0.600. The van der Waals surface area contributed by atoms with Gasteiger partial charge >= 0.3 is 0 Å². The summed E-state index contributed by atoms with van der Waals surface area (Å²) in [6.07, 6.45) is 9.81. The number of nitrogens with zero attached hydrogens (tertiary/aromatic N) is 2. The van der Waals surface area contributed by atoms with E-state index >= 15 is 0 Å². The number of fused-ring (bicyclic) bond motifs is 5. The lowest BCUT2D eigenvalue weighted by Gasteiger charge is -2.63. The van der Waals surface area contributed by atoms with Crippen LogP contribution in [-0.4, -0.2) is 59.6 Å². The second kappa shape index (κ2) is 8.22. The molecule has 0 bridgehead atoms. The van der Waals surface area contributed by atoms with Crippen molar-refractivity contribution in [3.63, 3.8) is 0 Å². The van der Waals surface area contributed by atoms with E-state index in [2.05, 4.69) is 53.6 Å². The third-order valence-corrected chi connectivity index (χ3v) is 12.4. The van der Waals surface area contributed by atoms with Crippen molar-refractivity contribution in [3.8, 4) is 0 Å². The molecule has 1 saturated heterocycles. The highest BCUT2D eigenvalue weighted by molar-refractivity contribution is 5.85. The average Bonchev–Trinajstić information content (AvgIpc) is 3.10. The summed E-state index contributed by atoms with van der Waals surface area (Å²) in [7, 11) is 4.51. The molecule has 4 nitrogen and oxygen atoms in total. The molecule has 5 fully saturated rings. The molecule has 0 radical (unpaired) electrons. The third-order valence-electron chi connectivity index (χ3n) is 12.4. The Bertz CT molecular complexity index is 767.